The molecule has 158 valence electrons. The van der Waals surface area contributed by atoms with Gasteiger partial charge in [-0.3, -0.25) is 9.69 Å². The Morgan fingerprint density at radius 3 is 2.77 bits per heavy atom. The maximum absolute atomic E-state index is 12.5. The smallest absolute Gasteiger partial charge is 0.437 e. The van der Waals surface area contributed by atoms with Crippen LogP contribution in [0.4, 0.5) is 5.13 Å². The van der Waals surface area contributed by atoms with Crippen LogP contribution in [0.25, 0.3) is 12.2 Å². The first-order chi connectivity index (χ1) is 14.5. The predicted molar refractivity (Wildman–Crippen MR) is 112 cm³/mol. The van der Waals surface area contributed by atoms with E-state index >= 15 is 0 Å². The van der Waals surface area contributed by atoms with Crippen LogP contribution >= 0.6 is 22.9 Å². The largest absolute Gasteiger partial charge is 0.493 e. The van der Waals surface area contributed by atoms with Crippen LogP contribution < -0.4 is 20.1 Å². The van der Waals surface area contributed by atoms with Crippen LogP contribution in [0.3, 0.4) is 0 Å². The van der Waals surface area contributed by atoms with Crippen molar-refractivity contribution < 1.29 is 18.7 Å². The molecule has 0 radical (unpaired) electrons. The van der Waals surface area contributed by atoms with E-state index in [1.165, 1.54) is 42.0 Å². The van der Waals surface area contributed by atoms with E-state index in [0.717, 1.165) is 4.68 Å². The summed E-state index contributed by atoms with van der Waals surface area (Å²) < 4.78 is 16.5. The van der Waals surface area contributed by atoms with E-state index in [4.69, 9.17) is 25.5 Å². The Bertz CT molecular complexity index is 1110. The monoisotopic (exact) mass is 451 g/mol. The van der Waals surface area contributed by atoms with Crippen molar-refractivity contribution in [3.63, 3.8) is 0 Å². The minimum atomic E-state index is -0.755. The highest BCUT2D eigenvalue weighted by molar-refractivity contribution is 7.13. The third-order valence-electron chi connectivity index (χ3n) is 4.02. The minimum absolute atomic E-state index is 0.0256. The minimum Gasteiger partial charge on any atom is -0.493 e. The summed E-state index contributed by atoms with van der Waals surface area (Å²) in [6, 6.07) is 3.42. The summed E-state index contributed by atoms with van der Waals surface area (Å²) in [6.45, 7) is 1.89. The molecule has 0 saturated heterocycles. The zero-order chi connectivity index (χ0) is 21.7. The van der Waals surface area contributed by atoms with Gasteiger partial charge in [-0.15, -0.1) is 15.3 Å². The van der Waals surface area contributed by atoms with Gasteiger partial charge in [-0.2, -0.15) is 4.68 Å². The number of methoxy groups -OCH3 is 2. The fraction of sp³-hybridized carbons (Fsp3) is 0.278. The second-order valence-corrected chi connectivity index (χ2v) is 6.95. The number of benzene rings is 1. The number of hydrogen-bond acceptors (Lipinski definition) is 9. The van der Waals surface area contributed by atoms with Crippen molar-refractivity contribution in [3.8, 4) is 11.5 Å². The highest BCUT2D eigenvalue weighted by Crippen LogP contribution is 2.37. The fourth-order valence-corrected chi connectivity index (χ4v) is 3.54. The number of hydrogen-bond donors (Lipinski definition) is 0. The molecule has 0 aliphatic carbocycles. The van der Waals surface area contributed by atoms with Crippen molar-refractivity contribution in [2.24, 2.45) is 0 Å². The van der Waals surface area contributed by atoms with Crippen molar-refractivity contribution in [2.45, 2.75) is 13.5 Å². The van der Waals surface area contributed by atoms with Crippen LogP contribution in [0, 0.1) is 0 Å². The second kappa shape index (κ2) is 9.55. The number of carbonyl (C=O) groups excluding carboxylic acids is 1. The topological polar surface area (TPSA) is 113 Å². The van der Waals surface area contributed by atoms with Crippen LogP contribution in [0.5, 0.6) is 11.5 Å². The van der Waals surface area contributed by atoms with E-state index in [9.17, 15) is 9.59 Å². The molecule has 0 aliphatic rings. The lowest BCUT2D eigenvalue weighted by Gasteiger charge is -2.16. The molecule has 0 spiro atoms. The summed E-state index contributed by atoms with van der Waals surface area (Å²) in [4.78, 5) is 26.0. The van der Waals surface area contributed by atoms with Crippen molar-refractivity contribution in [1.29, 1.82) is 0 Å². The molecule has 10 nitrogen and oxygen atoms in total. The van der Waals surface area contributed by atoms with Gasteiger partial charge >= 0.3 is 5.76 Å². The number of aromatic nitrogens is 4. The maximum Gasteiger partial charge on any atom is 0.437 e. The van der Waals surface area contributed by atoms with Gasteiger partial charge in [0.25, 0.3) is 5.91 Å². The van der Waals surface area contributed by atoms with E-state index in [2.05, 4.69) is 15.3 Å². The number of ether oxygens (including phenoxy) is 2. The van der Waals surface area contributed by atoms with Crippen molar-refractivity contribution in [2.75, 3.05) is 25.7 Å². The molecule has 3 aromatic rings. The molecule has 1 aromatic carbocycles. The van der Waals surface area contributed by atoms with Crippen LogP contribution in [-0.2, 0) is 11.3 Å². The quantitative estimate of drug-likeness (QED) is 0.513. The lowest BCUT2D eigenvalue weighted by Crippen LogP contribution is -2.36. The summed E-state index contributed by atoms with van der Waals surface area (Å²) in [5.74, 6) is -0.212. The molecular weight excluding hydrogens is 434 g/mol. The number of amides is 1. The van der Waals surface area contributed by atoms with E-state index in [0.29, 0.717) is 33.8 Å². The highest BCUT2D eigenvalue weighted by Gasteiger charge is 2.19. The van der Waals surface area contributed by atoms with Gasteiger partial charge in [0.15, 0.2) is 11.5 Å². The zero-order valence-electron chi connectivity index (χ0n) is 16.4. The van der Waals surface area contributed by atoms with Crippen LogP contribution in [0.1, 0.15) is 18.4 Å². The summed E-state index contributed by atoms with van der Waals surface area (Å²) >= 11 is 7.55. The zero-order valence-corrected chi connectivity index (χ0v) is 17.9. The van der Waals surface area contributed by atoms with Gasteiger partial charge in [-0.1, -0.05) is 22.9 Å². The van der Waals surface area contributed by atoms with Crippen LogP contribution in [0.15, 0.2) is 26.9 Å². The molecule has 0 atom stereocenters. The summed E-state index contributed by atoms with van der Waals surface area (Å²) in [6.07, 6.45) is 3.08. The predicted octanol–water partition coefficient (Wildman–Crippen LogP) is 2.58. The van der Waals surface area contributed by atoms with Crippen LogP contribution in [0.2, 0.25) is 5.02 Å². The summed E-state index contributed by atoms with van der Waals surface area (Å²) in [5, 5.41) is 12.4. The second-order valence-electron chi connectivity index (χ2n) is 5.76. The molecule has 0 fully saturated rings. The number of rotatable bonds is 8. The molecular formula is C18H18ClN5O5S. The molecule has 3 rings (SSSR count). The van der Waals surface area contributed by atoms with E-state index in [1.54, 1.807) is 25.1 Å². The van der Waals surface area contributed by atoms with Gasteiger partial charge in [0.1, 0.15) is 12.1 Å². The molecule has 0 N–H and O–H groups in total. The molecule has 1 amide bonds. The van der Waals surface area contributed by atoms with E-state index in [1.807, 2.05) is 0 Å². The highest BCUT2D eigenvalue weighted by atomic mass is 35.5. The number of carbonyl (C=O) groups is 1. The molecule has 0 bridgehead atoms. The fourth-order valence-electron chi connectivity index (χ4n) is 2.60. The first-order valence-electron chi connectivity index (χ1n) is 8.71. The third kappa shape index (κ3) is 4.52. The Labute approximate surface area is 180 Å². The third-order valence-corrected chi connectivity index (χ3v) is 5.13. The van der Waals surface area contributed by atoms with Crippen molar-refractivity contribution >= 4 is 46.1 Å². The van der Waals surface area contributed by atoms with Crippen LogP contribution in [-0.4, -0.2) is 46.6 Å². The molecule has 0 aliphatic heterocycles. The first-order valence-corrected chi connectivity index (χ1v) is 9.97. The normalized spacial score (nSPS) is 11.1. The lowest BCUT2D eigenvalue weighted by atomic mass is 10.2. The Kier molecular flexibility index (Phi) is 6.85. The van der Waals surface area contributed by atoms with Gasteiger partial charge in [0.2, 0.25) is 11.0 Å². The number of anilines is 1. The number of nitrogens with zero attached hydrogens (tertiary/aromatic N) is 5. The molecule has 2 heterocycles. The maximum atomic E-state index is 12.5. The van der Waals surface area contributed by atoms with Gasteiger partial charge in [-0.25, -0.2) is 4.79 Å². The Morgan fingerprint density at radius 1 is 1.33 bits per heavy atom. The van der Waals surface area contributed by atoms with Crippen molar-refractivity contribution in [1.82, 2.24) is 20.0 Å². The molecule has 12 heteroatoms. The Balaban J connectivity index is 1.78. The van der Waals surface area contributed by atoms with Crippen molar-refractivity contribution in [3.05, 3.63) is 44.7 Å². The summed E-state index contributed by atoms with van der Waals surface area (Å²) in [5.41, 5.74) is 2.13. The number of halogens is 1. The SMILES string of the molecule is CCN(C(=O)Cn1nc(/C=C/c2ccc(OC)c(OC)c2Cl)oc1=O)c1nncs1. The summed E-state index contributed by atoms with van der Waals surface area (Å²) in [7, 11) is 2.99. The molecule has 0 saturated carbocycles. The molecule has 30 heavy (non-hydrogen) atoms. The first kappa shape index (κ1) is 21.5. The van der Waals surface area contributed by atoms with Gasteiger partial charge < -0.3 is 13.9 Å². The lowest BCUT2D eigenvalue weighted by molar-refractivity contribution is -0.119. The molecule has 2 aromatic heterocycles. The standard InChI is InChI=1S/C18H18ClN5O5S/c1-4-23(17-21-20-10-30-17)14(25)9-24-18(26)29-13(22-24)8-6-11-5-7-12(27-2)16(28-3)15(11)19/h5-8,10H,4,9H2,1-3H3/b8-6+. The number of likely N-dealkylation sites (N-methyl/N-ethyl adjacent to an activating group) is 1. The Hall–Kier alpha value is -3.18. The van der Waals surface area contributed by atoms with E-state index in [-0.39, 0.29) is 18.3 Å². The Morgan fingerprint density at radius 2 is 2.13 bits per heavy atom. The van der Waals surface area contributed by atoms with Gasteiger partial charge in [-0.05, 0) is 30.7 Å². The van der Waals surface area contributed by atoms with Gasteiger partial charge in [0.05, 0.1) is 19.2 Å². The van der Waals surface area contributed by atoms with E-state index < -0.39 is 5.76 Å². The van der Waals surface area contributed by atoms with Gasteiger partial charge in [0, 0.05) is 12.6 Å². The average Bonchev–Trinajstić information content (AvgIpc) is 3.38. The molecule has 0 unspecified atom stereocenters. The average molecular weight is 452 g/mol.